The summed E-state index contributed by atoms with van der Waals surface area (Å²) in [6.45, 7) is 1.69. The van der Waals surface area contributed by atoms with E-state index in [0.717, 1.165) is 4.31 Å². The van der Waals surface area contributed by atoms with Crippen LogP contribution in [0, 0.1) is 6.92 Å². The Labute approximate surface area is 164 Å². The number of ether oxygens (including phenoxy) is 1. The van der Waals surface area contributed by atoms with Crippen LogP contribution in [0.3, 0.4) is 0 Å². The summed E-state index contributed by atoms with van der Waals surface area (Å²) in [6, 6.07) is 9.86. The lowest BCUT2D eigenvalue weighted by Gasteiger charge is -2.15. The molecule has 0 radical (unpaired) electrons. The lowest BCUT2D eigenvalue weighted by Crippen LogP contribution is -2.24. The lowest BCUT2D eigenvalue weighted by molar-refractivity contribution is -0.114. The molecule has 0 aromatic heterocycles. The molecule has 0 saturated carbocycles. The molecular weight excluding hydrogens is 390 g/mol. The summed E-state index contributed by atoms with van der Waals surface area (Å²) >= 11 is 6.03. The van der Waals surface area contributed by atoms with Gasteiger partial charge >= 0.3 is 0 Å². The molecule has 9 heteroatoms. The van der Waals surface area contributed by atoms with Crippen LogP contribution >= 0.6 is 11.6 Å². The number of carbonyl (C=O) groups is 1. The number of nitrogens with zero attached hydrogens (tertiary/aromatic N) is 1. The predicted octanol–water partition coefficient (Wildman–Crippen LogP) is 2.96. The highest BCUT2D eigenvalue weighted by Crippen LogP contribution is 2.27. The molecule has 7 nitrogen and oxygen atoms in total. The Balaban J connectivity index is 2.06. The number of benzene rings is 2. The van der Waals surface area contributed by atoms with E-state index in [1.807, 2.05) is 0 Å². The van der Waals surface area contributed by atoms with Gasteiger partial charge in [-0.1, -0.05) is 17.7 Å². The average molecular weight is 412 g/mol. The molecule has 2 rings (SSSR count). The third-order valence-corrected chi connectivity index (χ3v) is 6.09. The monoisotopic (exact) mass is 411 g/mol. The smallest absolute Gasteiger partial charge is 0.243 e. The van der Waals surface area contributed by atoms with Crippen LogP contribution in [0.15, 0.2) is 41.3 Å². The molecule has 2 N–H and O–H groups in total. The van der Waals surface area contributed by atoms with Crippen LogP contribution in [0.5, 0.6) is 5.75 Å². The fourth-order valence-corrected chi connectivity index (χ4v) is 3.72. The second-order valence-corrected chi connectivity index (χ2v) is 8.55. The van der Waals surface area contributed by atoms with Gasteiger partial charge in [0.1, 0.15) is 5.75 Å². The first-order chi connectivity index (χ1) is 12.6. The Morgan fingerprint density at radius 2 is 1.81 bits per heavy atom. The Morgan fingerprint density at radius 3 is 2.41 bits per heavy atom. The molecule has 0 aliphatic heterocycles. The maximum atomic E-state index is 12.4. The second-order valence-electron chi connectivity index (χ2n) is 6.02. The van der Waals surface area contributed by atoms with E-state index in [0.29, 0.717) is 27.7 Å². The van der Waals surface area contributed by atoms with Gasteiger partial charge in [-0.15, -0.1) is 0 Å². The minimum Gasteiger partial charge on any atom is -0.495 e. The van der Waals surface area contributed by atoms with Gasteiger partial charge < -0.3 is 15.4 Å². The number of hydrogen-bond donors (Lipinski definition) is 2. The third kappa shape index (κ3) is 5.12. The van der Waals surface area contributed by atoms with Crippen LogP contribution in [0.4, 0.5) is 11.4 Å². The van der Waals surface area contributed by atoms with E-state index in [-0.39, 0.29) is 17.3 Å². The Kier molecular flexibility index (Phi) is 6.69. The molecule has 2 aromatic rings. The van der Waals surface area contributed by atoms with Crippen molar-refractivity contribution in [1.29, 1.82) is 0 Å². The Morgan fingerprint density at radius 1 is 1.15 bits per heavy atom. The molecule has 0 aliphatic carbocycles. The van der Waals surface area contributed by atoms with Crippen molar-refractivity contribution < 1.29 is 17.9 Å². The largest absolute Gasteiger partial charge is 0.495 e. The van der Waals surface area contributed by atoms with Crippen LogP contribution in [-0.2, 0) is 14.8 Å². The number of aryl methyl sites for hydroxylation is 1. The quantitative estimate of drug-likeness (QED) is 0.731. The molecule has 0 heterocycles. The first kappa shape index (κ1) is 21.0. The highest BCUT2D eigenvalue weighted by molar-refractivity contribution is 7.89. The number of carbonyl (C=O) groups excluding carboxylic acids is 1. The standard InChI is InChI=1S/C18H22ClN3O4S/c1-12-5-6-13(10-17(12)27(24,25)22(2)3)20-11-18(23)21-14-7-8-16(26-4)15(19)9-14/h5-10,20H,11H2,1-4H3,(H,21,23). The number of anilines is 2. The number of rotatable bonds is 7. The van der Waals surface area contributed by atoms with E-state index in [1.54, 1.807) is 37.3 Å². The highest BCUT2D eigenvalue weighted by Gasteiger charge is 2.20. The van der Waals surface area contributed by atoms with Crippen LogP contribution in [0.2, 0.25) is 5.02 Å². The summed E-state index contributed by atoms with van der Waals surface area (Å²) in [5, 5.41) is 6.03. The number of amides is 1. The van der Waals surface area contributed by atoms with E-state index >= 15 is 0 Å². The summed E-state index contributed by atoms with van der Waals surface area (Å²) in [7, 11) is 0.896. The molecule has 2 aromatic carbocycles. The normalized spacial score (nSPS) is 11.3. The fourth-order valence-electron chi connectivity index (χ4n) is 2.32. The van der Waals surface area contributed by atoms with Gasteiger partial charge in [-0.3, -0.25) is 4.79 Å². The molecule has 0 bridgehead atoms. The minimum absolute atomic E-state index is 0.0336. The molecule has 27 heavy (non-hydrogen) atoms. The molecular formula is C18H22ClN3O4S. The Hall–Kier alpha value is -2.29. The molecule has 1 amide bonds. The van der Waals surface area contributed by atoms with E-state index < -0.39 is 10.0 Å². The summed E-state index contributed by atoms with van der Waals surface area (Å²) in [4.78, 5) is 12.3. The van der Waals surface area contributed by atoms with Crippen molar-refractivity contribution in [3.8, 4) is 5.75 Å². The van der Waals surface area contributed by atoms with Crippen molar-refractivity contribution in [3.63, 3.8) is 0 Å². The Bertz CT molecular complexity index is 946. The van der Waals surface area contributed by atoms with Crippen LogP contribution in [-0.4, -0.2) is 46.4 Å². The topological polar surface area (TPSA) is 87.7 Å². The molecule has 0 aliphatic rings. The number of nitrogens with one attached hydrogen (secondary N) is 2. The number of sulfonamides is 1. The van der Waals surface area contributed by atoms with Gasteiger partial charge in [-0.25, -0.2) is 12.7 Å². The van der Waals surface area contributed by atoms with Crippen molar-refractivity contribution in [2.75, 3.05) is 38.4 Å². The molecule has 146 valence electrons. The molecule has 0 fully saturated rings. The second kappa shape index (κ2) is 8.60. The van der Waals surface area contributed by atoms with Crippen molar-refractivity contribution >= 4 is 38.9 Å². The highest BCUT2D eigenvalue weighted by atomic mass is 35.5. The molecule has 0 spiro atoms. The summed E-state index contributed by atoms with van der Waals surface area (Å²) in [5.41, 5.74) is 1.70. The van der Waals surface area contributed by atoms with Crippen molar-refractivity contribution in [2.45, 2.75) is 11.8 Å². The van der Waals surface area contributed by atoms with Crippen molar-refractivity contribution in [1.82, 2.24) is 4.31 Å². The van der Waals surface area contributed by atoms with Crippen LogP contribution in [0.1, 0.15) is 5.56 Å². The van der Waals surface area contributed by atoms with Crippen molar-refractivity contribution in [2.24, 2.45) is 0 Å². The minimum atomic E-state index is -3.56. The van der Waals surface area contributed by atoms with Crippen molar-refractivity contribution in [3.05, 3.63) is 47.0 Å². The first-order valence-electron chi connectivity index (χ1n) is 8.05. The summed E-state index contributed by atoms with van der Waals surface area (Å²) < 4.78 is 30.9. The zero-order chi connectivity index (χ0) is 20.2. The first-order valence-corrected chi connectivity index (χ1v) is 9.87. The zero-order valence-electron chi connectivity index (χ0n) is 15.5. The molecule has 0 unspecified atom stereocenters. The van der Waals surface area contributed by atoms with E-state index in [2.05, 4.69) is 10.6 Å². The van der Waals surface area contributed by atoms with E-state index in [9.17, 15) is 13.2 Å². The van der Waals surface area contributed by atoms with Gasteiger partial charge in [0.05, 0.1) is 23.6 Å². The molecule has 0 saturated heterocycles. The van der Waals surface area contributed by atoms with E-state index in [1.165, 1.54) is 27.3 Å². The van der Waals surface area contributed by atoms with Gasteiger partial charge in [0, 0.05) is 25.5 Å². The van der Waals surface area contributed by atoms with Gasteiger partial charge in [0.15, 0.2) is 0 Å². The zero-order valence-corrected chi connectivity index (χ0v) is 17.1. The van der Waals surface area contributed by atoms with Gasteiger partial charge in [-0.05, 0) is 42.8 Å². The van der Waals surface area contributed by atoms with Crippen LogP contribution < -0.4 is 15.4 Å². The third-order valence-electron chi connectivity index (χ3n) is 3.84. The summed E-state index contributed by atoms with van der Waals surface area (Å²) in [6.07, 6.45) is 0. The SMILES string of the molecule is COc1ccc(NC(=O)CNc2ccc(C)c(S(=O)(=O)N(C)C)c2)cc1Cl. The van der Waals surface area contributed by atoms with Gasteiger partial charge in [0.2, 0.25) is 15.9 Å². The number of halogens is 1. The van der Waals surface area contributed by atoms with Gasteiger partial charge in [0.25, 0.3) is 0 Å². The summed E-state index contributed by atoms with van der Waals surface area (Å²) in [5.74, 6) is 0.218. The fraction of sp³-hybridized carbons (Fsp3) is 0.278. The maximum absolute atomic E-state index is 12.4. The average Bonchev–Trinajstić information content (AvgIpc) is 2.61. The maximum Gasteiger partial charge on any atom is 0.243 e. The van der Waals surface area contributed by atoms with Crippen LogP contribution in [0.25, 0.3) is 0 Å². The lowest BCUT2D eigenvalue weighted by atomic mass is 10.2. The van der Waals surface area contributed by atoms with E-state index in [4.69, 9.17) is 16.3 Å². The number of hydrogen-bond acceptors (Lipinski definition) is 5. The predicted molar refractivity (Wildman–Crippen MR) is 107 cm³/mol. The van der Waals surface area contributed by atoms with Gasteiger partial charge in [-0.2, -0.15) is 0 Å². The molecule has 0 atom stereocenters. The number of methoxy groups -OCH3 is 1.